The normalized spacial score (nSPS) is 15.8. The van der Waals surface area contributed by atoms with Crippen LogP contribution in [0, 0.1) is 0 Å². The number of ketones is 2. The predicted molar refractivity (Wildman–Crippen MR) is 54.9 cm³/mol. The Hall–Kier alpha value is -2.01. The van der Waals surface area contributed by atoms with E-state index < -0.39 is 23.6 Å². The molecule has 5 nitrogen and oxygen atoms in total. The van der Waals surface area contributed by atoms with Crippen LogP contribution >= 0.6 is 0 Å². The van der Waals surface area contributed by atoms with Gasteiger partial charge in [0.25, 0.3) is 0 Å². The van der Waals surface area contributed by atoms with Gasteiger partial charge in [-0.05, 0) is 17.2 Å². The minimum absolute atomic E-state index is 0.142. The summed E-state index contributed by atoms with van der Waals surface area (Å²) in [5, 5.41) is 10.6. The molecule has 1 aromatic carbocycles. The van der Waals surface area contributed by atoms with Crippen molar-refractivity contribution >= 4 is 17.5 Å². The highest BCUT2D eigenvalue weighted by Crippen LogP contribution is 2.21. The summed E-state index contributed by atoms with van der Waals surface area (Å²) in [5.74, 6) is -2.13. The van der Waals surface area contributed by atoms with E-state index in [1.807, 2.05) is 0 Å². The molecule has 2 rings (SSSR count). The molecule has 0 aromatic heterocycles. The first kappa shape index (κ1) is 11.5. The minimum Gasteiger partial charge on any atom is -0.544 e. The summed E-state index contributed by atoms with van der Waals surface area (Å²) in [6.07, 6.45) is 0.333. The zero-order valence-electron chi connectivity index (χ0n) is 9.06. The minimum atomic E-state index is -1.23. The fourth-order valence-electron chi connectivity index (χ4n) is 1.89. The topological polar surface area (TPSA) is 102 Å². The Morgan fingerprint density at radius 3 is 2.76 bits per heavy atom. The lowest BCUT2D eigenvalue weighted by Crippen LogP contribution is -2.69. The van der Waals surface area contributed by atoms with Crippen molar-refractivity contribution in [3.8, 4) is 0 Å². The molecule has 0 radical (unpaired) electrons. The van der Waals surface area contributed by atoms with E-state index in [4.69, 9.17) is 0 Å². The van der Waals surface area contributed by atoms with Crippen LogP contribution in [0.2, 0.25) is 0 Å². The van der Waals surface area contributed by atoms with E-state index in [1.165, 1.54) is 0 Å². The molecule has 0 bridgehead atoms. The van der Waals surface area contributed by atoms with Gasteiger partial charge in [-0.1, -0.05) is 12.1 Å². The maximum atomic E-state index is 11.5. The zero-order chi connectivity index (χ0) is 12.6. The van der Waals surface area contributed by atoms with Gasteiger partial charge in [-0.2, -0.15) is 0 Å². The Morgan fingerprint density at radius 2 is 2.12 bits per heavy atom. The highest BCUT2D eigenvalue weighted by atomic mass is 16.4. The number of carboxylic acids is 1. The van der Waals surface area contributed by atoms with Crippen LogP contribution in [0.4, 0.5) is 0 Å². The van der Waals surface area contributed by atoms with Gasteiger partial charge in [0.2, 0.25) is 11.6 Å². The van der Waals surface area contributed by atoms with E-state index >= 15 is 0 Å². The number of carboxylic acid groups (broad SMARTS) is 1. The van der Waals surface area contributed by atoms with Crippen molar-refractivity contribution in [2.45, 2.75) is 18.9 Å². The summed E-state index contributed by atoms with van der Waals surface area (Å²) in [5.41, 5.74) is 5.22. The van der Waals surface area contributed by atoms with Gasteiger partial charge in [0.15, 0.2) is 0 Å². The van der Waals surface area contributed by atoms with Crippen molar-refractivity contribution in [2.24, 2.45) is 0 Å². The molecule has 0 spiro atoms. The summed E-state index contributed by atoms with van der Waals surface area (Å²) in [4.78, 5) is 33.2. The van der Waals surface area contributed by atoms with Crippen molar-refractivity contribution in [1.82, 2.24) is 0 Å². The molecule has 0 unspecified atom stereocenters. The van der Waals surface area contributed by atoms with Crippen LogP contribution < -0.4 is 10.8 Å². The molecule has 0 saturated carbocycles. The van der Waals surface area contributed by atoms with Gasteiger partial charge < -0.3 is 15.6 Å². The molecule has 5 heteroatoms. The standard InChI is InChI=1S/C12H11NO4/c13-9(12(16)17)4-6-1-2-7-5-10(14)11(15)8(7)3-6/h1-3,9H,4-5,13H2,(H,16,17)/t9-/m0/s1. The van der Waals surface area contributed by atoms with E-state index in [1.54, 1.807) is 18.2 Å². The van der Waals surface area contributed by atoms with Crippen LogP contribution in [0.15, 0.2) is 18.2 Å². The number of carbonyl (C=O) groups is 3. The molecule has 3 N–H and O–H groups in total. The molecular formula is C12H11NO4. The van der Waals surface area contributed by atoms with Crippen LogP contribution in [0.25, 0.3) is 0 Å². The number of benzene rings is 1. The zero-order valence-corrected chi connectivity index (χ0v) is 9.06. The van der Waals surface area contributed by atoms with Gasteiger partial charge in [-0.15, -0.1) is 0 Å². The number of fused-ring (bicyclic) bond motifs is 1. The lowest BCUT2D eigenvalue weighted by atomic mass is 10.0. The first-order valence-electron chi connectivity index (χ1n) is 5.22. The quantitative estimate of drug-likeness (QED) is 0.604. The predicted octanol–water partition coefficient (Wildman–Crippen LogP) is -2.10. The highest BCUT2D eigenvalue weighted by molar-refractivity contribution is 6.47. The number of carbonyl (C=O) groups excluding carboxylic acids is 3. The fraction of sp³-hybridized carbons (Fsp3) is 0.250. The molecule has 0 heterocycles. The summed E-state index contributed by atoms with van der Waals surface area (Å²) >= 11 is 0. The van der Waals surface area contributed by atoms with Crippen LogP contribution in [0.3, 0.4) is 0 Å². The van der Waals surface area contributed by atoms with Crippen molar-refractivity contribution in [1.29, 1.82) is 0 Å². The molecule has 17 heavy (non-hydrogen) atoms. The van der Waals surface area contributed by atoms with Crippen LogP contribution in [-0.4, -0.2) is 23.6 Å². The van der Waals surface area contributed by atoms with Gasteiger partial charge in [-0.25, -0.2) is 0 Å². The van der Waals surface area contributed by atoms with Gasteiger partial charge in [0.1, 0.15) is 6.04 Å². The Bertz CT molecular complexity index is 521. The van der Waals surface area contributed by atoms with E-state index in [2.05, 4.69) is 5.73 Å². The summed E-state index contributed by atoms with van der Waals surface area (Å²) < 4.78 is 0. The van der Waals surface area contributed by atoms with E-state index in [0.717, 1.165) is 0 Å². The molecule has 1 atom stereocenters. The van der Waals surface area contributed by atoms with E-state index in [-0.39, 0.29) is 12.8 Å². The van der Waals surface area contributed by atoms with Gasteiger partial charge in [0.05, 0.1) is 5.97 Å². The molecule has 1 aliphatic carbocycles. The van der Waals surface area contributed by atoms with Crippen LogP contribution in [0.1, 0.15) is 21.5 Å². The first-order chi connectivity index (χ1) is 7.99. The Balaban J connectivity index is 2.26. The molecule has 88 valence electrons. The summed E-state index contributed by atoms with van der Waals surface area (Å²) in [6, 6.07) is 4.12. The maximum absolute atomic E-state index is 11.5. The third-order valence-corrected chi connectivity index (χ3v) is 2.84. The smallest absolute Gasteiger partial charge is 0.229 e. The van der Waals surface area contributed by atoms with Crippen molar-refractivity contribution < 1.29 is 25.2 Å². The number of rotatable bonds is 3. The van der Waals surface area contributed by atoms with Crippen molar-refractivity contribution in [3.63, 3.8) is 0 Å². The lowest BCUT2D eigenvalue weighted by Gasteiger charge is -2.09. The Labute approximate surface area is 97.2 Å². The van der Waals surface area contributed by atoms with Gasteiger partial charge in [0, 0.05) is 18.4 Å². The third kappa shape index (κ3) is 2.09. The fourth-order valence-corrected chi connectivity index (χ4v) is 1.89. The number of aliphatic carboxylic acids is 1. The molecule has 1 aromatic rings. The first-order valence-corrected chi connectivity index (χ1v) is 5.22. The van der Waals surface area contributed by atoms with Crippen LogP contribution in [-0.2, 0) is 22.4 Å². The number of hydrogen-bond donors (Lipinski definition) is 1. The van der Waals surface area contributed by atoms with Crippen LogP contribution in [0.5, 0.6) is 0 Å². The van der Waals surface area contributed by atoms with Crippen molar-refractivity contribution in [3.05, 3.63) is 34.9 Å². The second-order valence-electron chi connectivity index (χ2n) is 4.14. The maximum Gasteiger partial charge on any atom is 0.229 e. The molecule has 0 amide bonds. The number of hydrogen-bond acceptors (Lipinski definition) is 4. The highest BCUT2D eigenvalue weighted by Gasteiger charge is 2.28. The monoisotopic (exact) mass is 233 g/mol. The number of quaternary nitrogens is 1. The third-order valence-electron chi connectivity index (χ3n) is 2.84. The molecule has 0 saturated heterocycles. The average molecular weight is 233 g/mol. The SMILES string of the molecule is [NH3+][C@@H](Cc1ccc2c(c1)C(=O)C(=O)C2)C(=O)[O-]. The van der Waals surface area contributed by atoms with E-state index in [0.29, 0.717) is 16.7 Å². The molecular weight excluding hydrogens is 222 g/mol. The second-order valence-corrected chi connectivity index (χ2v) is 4.14. The van der Waals surface area contributed by atoms with E-state index in [9.17, 15) is 19.5 Å². The van der Waals surface area contributed by atoms with Gasteiger partial charge in [-0.3, -0.25) is 9.59 Å². The average Bonchev–Trinajstić information content (AvgIpc) is 2.55. The Morgan fingerprint density at radius 1 is 1.41 bits per heavy atom. The number of Topliss-reactive ketones (excluding diaryl/α,β-unsaturated/α-hetero) is 2. The summed E-state index contributed by atoms with van der Waals surface area (Å²) in [6.45, 7) is 0. The molecule has 1 aliphatic rings. The Kier molecular flexibility index (Phi) is 2.77. The largest absolute Gasteiger partial charge is 0.544 e. The molecule has 0 fully saturated rings. The second kappa shape index (κ2) is 4.10. The lowest BCUT2D eigenvalue weighted by molar-refractivity contribution is -0.437. The summed E-state index contributed by atoms with van der Waals surface area (Å²) in [7, 11) is 0. The van der Waals surface area contributed by atoms with Crippen molar-refractivity contribution in [2.75, 3.05) is 0 Å². The van der Waals surface area contributed by atoms with Gasteiger partial charge >= 0.3 is 0 Å². The molecule has 0 aliphatic heterocycles.